The zero-order chi connectivity index (χ0) is 9.97. The Hall–Kier alpha value is -1.58. The predicted molar refractivity (Wildman–Crippen MR) is 53.9 cm³/mol. The quantitative estimate of drug-likeness (QED) is 0.733. The Kier molecular flexibility index (Phi) is 2.35. The number of rotatable bonds is 3. The molecule has 74 valence electrons. The van der Waals surface area contributed by atoms with Gasteiger partial charge in [-0.1, -0.05) is 0 Å². The largest absolute Gasteiger partial charge is 0.271 e. The van der Waals surface area contributed by atoms with Crippen molar-refractivity contribution in [1.82, 2.24) is 19.6 Å². The van der Waals surface area contributed by atoms with Gasteiger partial charge in [-0.2, -0.15) is 10.2 Å². The molecule has 0 aliphatic heterocycles. The van der Waals surface area contributed by atoms with Gasteiger partial charge in [0.1, 0.15) is 0 Å². The van der Waals surface area contributed by atoms with E-state index in [2.05, 4.69) is 10.2 Å². The maximum atomic E-state index is 4.31. The van der Waals surface area contributed by atoms with Gasteiger partial charge >= 0.3 is 0 Å². The van der Waals surface area contributed by atoms with Crippen molar-refractivity contribution < 1.29 is 0 Å². The van der Waals surface area contributed by atoms with Crippen molar-refractivity contribution in [2.75, 3.05) is 0 Å². The van der Waals surface area contributed by atoms with Gasteiger partial charge in [-0.05, 0) is 25.5 Å². The van der Waals surface area contributed by atoms with E-state index in [1.807, 2.05) is 47.9 Å². The van der Waals surface area contributed by atoms with Crippen molar-refractivity contribution in [2.24, 2.45) is 0 Å². The normalized spacial score (nSPS) is 10.7. The first-order valence-electron chi connectivity index (χ1n) is 4.73. The lowest BCUT2D eigenvalue weighted by Crippen LogP contribution is -2.08. The first kappa shape index (κ1) is 8.99. The molecule has 4 nitrogen and oxygen atoms in total. The molecule has 0 aliphatic rings. The highest BCUT2D eigenvalue weighted by Gasteiger charge is 1.96. The van der Waals surface area contributed by atoms with Crippen LogP contribution in [-0.2, 0) is 13.1 Å². The average Bonchev–Trinajstić information content (AvgIpc) is 2.72. The summed E-state index contributed by atoms with van der Waals surface area (Å²) in [7, 11) is 0. The number of hydrogen-bond acceptors (Lipinski definition) is 2. The van der Waals surface area contributed by atoms with Crippen LogP contribution in [0.15, 0.2) is 24.7 Å². The number of aryl methyl sites for hydroxylation is 4. The van der Waals surface area contributed by atoms with Crippen molar-refractivity contribution >= 4 is 0 Å². The van der Waals surface area contributed by atoms with Crippen molar-refractivity contribution in [3.8, 4) is 0 Å². The van der Waals surface area contributed by atoms with Crippen molar-refractivity contribution in [2.45, 2.75) is 26.9 Å². The molecule has 2 heterocycles. The SMILES string of the molecule is Cc1cnn(CCn2ccc(C)n2)c1. The first-order chi connectivity index (χ1) is 6.74. The van der Waals surface area contributed by atoms with Gasteiger partial charge in [0.05, 0.1) is 25.0 Å². The summed E-state index contributed by atoms with van der Waals surface area (Å²) < 4.78 is 3.87. The van der Waals surface area contributed by atoms with E-state index in [0.717, 1.165) is 18.8 Å². The number of aromatic nitrogens is 4. The lowest BCUT2D eigenvalue weighted by Gasteiger charge is -2.01. The van der Waals surface area contributed by atoms with Crippen molar-refractivity contribution in [3.63, 3.8) is 0 Å². The molecule has 2 rings (SSSR count). The molecule has 2 aromatic rings. The third-order valence-corrected chi connectivity index (χ3v) is 2.09. The minimum atomic E-state index is 0.870. The molecule has 0 bridgehead atoms. The lowest BCUT2D eigenvalue weighted by atomic mass is 10.4. The van der Waals surface area contributed by atoms with E-state index in [1.165, 1.54) is 5.56 Å². The number of hydrogen-bond donors (Lipinski definition) is 0. The maximum absolute atomic E-state index is 4.31. The van der Waals surface area contributed by atoms with Gasteiger partial charge in [0.2, 0.25) is 0 Å². The molecule has 0 saturated heterocycles. The van der Waals surface area contributed by atoms with Gasteiger partial charge in [-0.3, -0.25) is 9.36 Å². The second kappa shape index (κ2) is 3.65. The van der Waals surface area contributed by atoms with Crippen LogP contribution in [0.3, 0.4) is 0 Å². The molecule has 0 N–H and O–H groups in total. The molecule has 0 fully saturated rings. The Bertz CT molecular complexity index is 373. The summed E-state index contributed by atoms with van der Waals surface area (Å²) in [4.78, 5) is 0. The minimum Gasteiger partial charge on any atom is -0.271 e. The van der Waals surface area contributed by atoms with Crippen LogP contribution in [0.2, 0.25) is 0 Å². The molecule has 0 aliphatic carbocycles. The lowest BCUT2D eigenvalue weighted by molar-refractivity contribution is 0.498. The Morgan fingerprint density at radius 1 is 1.21 bits per heavy atom. The minimum absolute atomic E-state index is 0.870. The molecule has 0 unspecified atom stereocenters. The highest BCUT2D eigenvalue weighted by atomic mass is 15.3. The van der Waals surface area contributed by atoms with E-state index in [4.69, 9.17) is 0 Å². The monoisotopic (exact) mass is 190 g/mol. The molecule has 0 atom stereocenters. The Morgan fingerprint density at radius 3 is 2.57 bits per heavy atom. The Balaban J connectivity index is 1.94. The van der Waals surface area contributed by atoms with E-state index in [1.54, 1.807) is 0 Å². The fraction of sp³-hybridized carbons (Fsp3) is 0.400. The van der Waals surface area contributed by atoms with Crippen LogP contribution < -0.4 is 0 Å². The summed E-state index contributed by atoms with van der Waals surface area (Å²) in [6.07, 6.45) is 5.90. The second-order valence-electron chi connectivity index (χ2n) is 3.50. The third-order valence-electron chi connectivity index (χ3n) is 2.09. The molecular formula is C10H14N4. The zero-order valence-electron chi connectivity index (χ0n) is 8.51. The molecule has 4 heteroatoms. The van der Waals surface area contributed by atoms with Crippen LogP contribution in [0.1, 0.15) is 11.3 Å². The summed E-state index contributed by atoms with van der Waals surface area (Å²) >= 11 is 0. The molecule has 0 saturated carbocycles. The van der Waals surface area contributed by atoms with Crippen LogP contribution >= 0.6 is 0 Å². The Morgan fingerprint density at radius 2 is 2.00 bits per heavy atom. The highest BCUT2D eigenvalue weighted by Crippen LogP contribution is 1.96. The first-order valence-corrected chi connectivity index (χ1v) is 4.73. The van der Waals surface area contributed by atoms with Crippen LogP contribution in [0.4, 0.5) is 0 Å². The van der Waals surface area contributed by atoms with Gasteiger partial charge in [-0.25, -0.2) is 0 Å². The fourth-order valence-electron chi connectivity index (χ4n) is 1.38. The van der Waals surface area contributed by atoms with Gasteiger partial charge in [0.15, 0.2) is 0 Å². The Labute approximate surface area is 83.2 Å². The maximum Gasteiger partial charge on any atom is 0.0605 e. The van der Waals surface area contributed by atoms with Crippen LogP contribution in [-0.4, -0.2) is 19.6 Å². The van der Waals surface area contributed by atoms with Gasteiger partial charge in [0.25, 0.3) is 0 Å². The summed E-state index contributed by atoms with van der Waals surface area (Å²) in [5.41, 5.74) is 2.25. The van der Waals surface area contributed by atoms with E-state index in [9.17, 15) is 0 Å². The molecule has 0 spiro atoms. The van der Waals surface area contributed by atoms with Crippen molar-refractivity contribution in [3.05, 3.63) is 35.9 Å². The van der Waals surface area contributed by atoms with Crippen LogP contribution in [0.5, 0.6) is 0 Å². The van der Waals surface area contributed by atoms with Crippen LogP contribution in [0.25, 0.3) is 0 Å². The molecule has 14 heavy (non-hydrogen) atoms. The van der Waals surface area contributed by atoms with Crippen molar-refractivity contribution in [1.29, 1.82) is 0 Å². The molecule has 0 aromatic carbocycles. The van der Waals surface area contributed by atoms with E-state index in [-0.39, 0.29) is 0 Å². The van der Waals surface area contributed by atoms with Crippen LogP contribution in [0, 0.1) is 13.8 Å². The fourth-order valence-corrected chi connectivity index (χ4v) is 1.38. The average molecular weight is 190 g/mol. The predicted octanol–water partition coefficient (Wildman–Crippen LogP) is 1.40. The highest BCUT2D eigenvalue weighted by molar-refractivity contribution is 4.99. The van der Waals surface area contributed by atoms with Gasteiger partial charge in [0, 0.05) is 12.4 Å². The standard InChI is InChI=1S/C10H14N4/c1-9-7-11-14(8-9)6-5-13-4-3-10(2)12-13/h3-4,7-8H,5-6H2,1-2H3. The second-order valence-corrected chi connectivity index (χ2v) is 3.50. The van der Waals surface area contributed by atoms with E-state index >= 15 is 0 Å². The van der Waals surface area contributed by atoms with E-state index in [0.29, 0.717) is 0 Å². The molecule has 0 radical (unpaired) electrons. The summed E-state index contributed by atoms with van der Waals surface area (Å²) in [6.45, 7) is 5.78. The summed E-state index contributed by atoms with van der Waals surface area (Å²) in [6, 6.07) is 2.01. The molecule has 0 amide bonds. The molecule has 2 aromatic heterocycles. The zero-order valence-corrected chi connectivity index (χ0v) is 8.51. The topological polar surface area (TPSA) is 35.6 Å². The smallest absolute Gasteiger partial charge is 0.0605 e. The summed E-state index contributed by atoms with van der Waals surface area (Å²) in [5, 5.41) is 8.52. The van der Waals surface area contributed by atoms with Gasteiger partial charge < -0.3 is 0 Å². The van der Waals surface area contributed by atoms with E-state index < -0.39 is 0 Å². The third kappa shape index (κ3) is 2.02. The number of nitrogens with zero attached hydrogens (tertiary/aromatic N) is 4. The summed E-state index contributed by atoms with van der Waals surface area (Å²) in [5.74, 6) is 0. The van der Waals surface area contributed by atoms with Gasteiger partial charge in [-0.15, -0.1) is 0 Å². The molecular weight excluding hydrogens is 176 g/mol.